The number of aromatic amines is 1. The fourth-order valence-corrected chi connectivity index (χ4v) is 5.00. The standard InChI is InChI=1S/C22H22ClFN6O2/c23-13-9-25-22(26-10-13)29-11-14-7-8-15(12-29)30(14)19(31)6-2-5-18-16-3-1-4-17(24)20(16)21(32)28-27-18/h1,3-4,9-10,14-15H,2,5-8,11-12H2,(H,28,32). The van der Waals surface area contributed by atoms with Crippen LogP contribution in [0.3, 0.4) is 0 Å². The molecule has 0 spiro atoms. The van der Waals surface area contributed by atoms with Gasteiger partial charge in [0, 0.05) is 37.0 Å². The van der Waals surface area contributed by atoms with E-state index in [0.717, 1.165) is 12.8 Å². The number of benzene rings is 1. The number of carbonyl (C=O) groups excluding carboxylic acids is 1. The Balaban J connectivity index is 1.23. The SMILES string of the molecule is O=C(CCCc1n[nH]c(=O)c2c(F)cccc12)N1C2CCC1CN(c1ncc(Cl)cn1)C2. The maximum absolute atomic E-state index is 14.1. The van der Waals surface area contributed by atoms with E-state index in [9.17, 15) is 14.0 Å². The first kappa shape index (κ1) is 20.8. The summed E-state index contributed by atoms with van der Waals surface area (Å²) in [4.78, 5) is 37.7. The Morgan fingerprint density at radius 3 is 2.62 bits per heavy atom. The number of amides is 1. The molecular weight excluding hydrogens is 435 g/mol. The number of halogens is 2. The zero-order valence-corrected chi connectivity index (χ0v) is 18.1. The van der Waals surface area contributed by atoms with Crippen LogP contribution in [0.5, 0.6) is 0 Å². The number of rotatable bonds is 5. The van der Waals surface area contributed by atoms with Crippen LogP contribution in [0.2, 0.25) is 5.02 Å². The van der Waals surface area contributed by atoms with Gasteiger partial charge in [-0.25, -0.2) is 19.5 Å². The van der Waals surface area contributed by atoms with Crippen molar-refractivity contribution < 1.29 is 9.18 Å². The molecule has 8 nitrogen and oxygen atoms in total. The predicted molar refractivity (Wildman–Crippen MR) is 118 cm³/mol. The Morgan fingerprint density at radius 2 is 1.91 bits per heavy atom. The minimum absolute atomic E-state index is 0.0161. The largest absolute Gasteiger partial charge is 0.337 e. The lowest BCUT2D eigenvalue weighted by Crippen LogP contribution is -2.56. The molecular formula is C22H22ClFN6O2. The highest BCUT2D eigenvalue weighted by Crippen LogP contribution is 2.32. The molecule has 0 radical (unpaired) electrons. The Morgan fingerprint density at radius 1 is 1.19 bits per heavy atom. The van der Waals surface area contributed by atoms with Crippen LogP contribution in [0, 0.1) is 5.82 Å². The minimum Gasteiger partial charge on any atom is -0.337 e. The molecule has 5 rings (SSSR count). The van der Waals surface area contributed by atoms with Gasteiger partial charge in [0.05, 0.1) is 28.5 Å². The summed E-state index contributed by atoms with van der Waals surface area (Å²) in [6.07, 6.45) is 6.53. The highest BCUT2D eigenvalue weighted by atomic mass is 35.5. The summed E-state index contributed by atoms with van der Waals surface area (Å²) in [7, 11) is 0. The smallest absolute Gasteiger partial charge is 0.275 e. The summed E-state index contributed by atoms with van der Waals surface area (Å²) in [6, 6.07) is 4.80. The van der Waals surface area contributed by atoms with Gasteiger partial charge in [0.2, 0.25) is 11.9 Å². The number of fused-ring (bicyclic) bond motifs is 3. The average molecular weight is 457 g/mol. The van der Waals surface area contributed by atoms with Crippen LogP contribution < -0.4 is 10.5 Å². The van der Waals surface area contributed by atoms with E-state index in [1.165, 1.54) is 6.07 Å². The molecule has 2 saturated heterocycles. The van der Waals surface area contributed by atoms with Gasteiger partial charge < -0.3 is 9.80 Å². The second-order valence-corrected chi connectivity index (χ2v) is 8.74. The van der Waals surface area contributed by atoms with E-state index in [4.69, 9.17) is 11.6 Å². The summed E-state index contributed by atoms with van der Waals surface area (Å²) >= 11 is 5.89. The molecule has 4 heterocycles. The number of carbonyl (C=O) groups is 1. The van der Waals surface area contributed by atoms with E-state index in [-0.39, 0.29) is 23.4 Å². The monoisotopic (exact) mass is 456 g/mol. The lowest BCUT2D eigenvalue weighted by molar-refractivity contribution is -0.134. The van der Waals surface area contributed by atoms with E-state index >= 15 is 0 Å². The fraction of sp³-hybridized carbons (Fsp3) is 0.409. The molecule has 166 valence electrons. The fourth-order valence-electron chi connectivity index (χ4n) is 4.90. The molecule has 2 fully saturated rings. The Kier molecular flexibility index (Phi) is 5.50. The molecule has 2 aliphatic rings. The van der Waals surface area contributed by atoms with Gasteiger partial charge in [-0.05, 0) is 31.7 Å². The van der Waals surface area contributed by atoms with Gasteiger partial charge in [-0.1, -0.05) is 23.7 Å². The van der Waals surface area contributed by atoms with Crippen LogP contribution in [0.15, 0.2) is 35.4 Å². The van der Waals surface area contributed by atoms with Crippen molar-refractivity contribution >= 4 is 34.2 Å². The summed E-state index contributed by atoms with van der Waals surface area (Å²) in [5, 5.41) is 7.47. The maximum Gasteiger partial charge on any atom is 0.275 e. The van der Waals surface area contributed by atoms with Crippen molar-refractivity contribution in [2.45, 2.75) is 44.2 Å². The second kappa shape index (κ2) is 8.46. The van der Waals surface area contributed by atoms with Crippen molar-refractivity contribution in [1.29, 1.82) is 0 Å². The van der Waals surface area contributed by atoms with Crippen molar-refractivity contribution in [3.8, 4) is 0 Å². The number of hydrogen-bond acceptors (Lipinski definition) is 6. The molecule has 2 aromatic heterocycles. The molecule has 2 unspecified atom stereocenters. The molecule has 2 aliphatic heterocycles. The van der Waals surface area contributed by atoms with E-state index in [2.05, 4.69) is 25.1 Å². The number of nitrogens with zero attached hydrogens (tertiary/aromatic N) is 5. The minimum atomic E-state index is -0.567. The van der Waals surface area contributed by atoms with Crippen LogP contribution in [0.25, 0.3) is 10.8 Å². The molecule has 2 atom stereocenters. The molecule has 1 N–H and O–H groups in total. The third kappa shape index (κ3) is 3.81. The molecule has 32 heavy (non-hydrogen) atoms. The first-order valence-electron chi connectivity index (χ1n) is 10.7. The number of piperazine rings is 1. The topological polar surface area (TPSA) is 95.1 Å². The number of aromatic nitrogens is 4. The van der Waals surface area contributed by atoms with Gasteiger partial charge in [0.15, 0.2) is 0 Å². The number of H-pyrrole nitrogens is 1. The van der Waals surface area contributed by atoms with Crippen molar-refractivity contribution in [2.24, 2.45) is 0 Å². The zero-order chi connectivity index (χ0) is 22.2. The average Bonchev–Trinajstić information content (AvgIpc) is 3.05. The molecule has 1 aromatic carbocycles. The maximum atomic E-state index is 14.1. The van der Waals surface area contributed by atoms with Gasteiger partial charge in [0.1, 0.15) is 5.82 Å². The van der Waals surface area contributed by atoms with Crippen molar-refractivity contribution in [2.75, 3.05) is 18.0 Å². The third-order valence-electron chi connectivity index (χ3n) is 6.31. The van der Waals surface area contributed by atoms with E-state index in [0.29, 0.717) is 54.4 Å². The highest BCUT2D eigenvalue weighted by Gasteiger charge is 2.42. The first-order chi connectivity index (χ1) is 15.5. The van der Waals surface area contributed by atoms with Gasteiger partial charge in [-0.15, -0.1) is 0 Å². The lowest BCUT2D eigenvalue weighted by Gasteiger charge is -2.41. The first-order valence-corrected chi connectivity index (χ1v) is 11.1. The molecule has 2 bridgehead atoms. The molecule has 0 aliphatic carbocycles. The van der Waals surface area contributed by atoms with Crippen LogP contribution in [0.1, 0.15) is 31.4 Å². The van der Waals surface area contributed by atoms with Crippen molar-refractivity contribution in [3.63, 3.8) is 0 Å². The summed E-state index contributed by atoms with van der Waals surface area (Å²) in [6.45, 7) is 1.41. The Bertz CT molecular complexity index is 1200. The summed E-state index contributed by atoms with van der Waals surface area (Å²) < 4.78 is 14.1. The quantitative estimate of drug-likeness (QED) is 0.634. The van der Waals surface area contributed by atoms with Gasteiger partial charge in [-0.3, -0.25) is 9.59 Å². The zero-order valence-electron chi connectivity index (χ0n) is 17.3. The van der Waals surface area contributed by atoms with Crippen LogP contribution in [-0.2, 0) is 11.2 Å². The van der Waals surface area contributed by atoms with Gasteiger partial charge in [0.25, 0.3) is 5.56 Å². The van der Waals surface area contributed by atoms with Gasteiger partial charge >= 0.3 is 0 Å². The van der Waals surface area contributed by atoms with Crippen LogP contribution >= 0.6 is 11.6 Å². The third-order valence-corrected chi connectivity index (χ3v) is 6.50. The Hall–Kier alpha value is -3.07. The Labute approximate surface area is 188 Å². The van der Waals surface area contributed by atoms with Gasteiger partial charge in [-0.2, -0.15) is 5.10 Å². The van der Waals surface area contributed by atoms with Crippen molar-refractivity contribution in [3.05, 3.63) is 57.5 Å². The number of hydrogen-bond donors (Lipinski definition) is 1. The predicted octanol–water partition coefficient (Wildman–Crippen LogP) is 2.71. The number of nitrogens with one attached hydrogen (secondary N) is 1. The van der Waals surface area contributed by atoms with E-state index in [1.807, 2.05) is 4.90 Å². The summed E-state index contributed by atoms with van der Waals surface area (Å²) in [5.74, 6) is 0.193. The highest BCUT2D eigenvalue weighted by molar-refractivity contribution is 6.30. The molecule has 10 heteroatoms. The second-order valence-electron chi connectivity index (χ2n) is 8.31. The summed E-state index contributed by atoms with van der Waals surface area (Å²) in [5.41, 5.74) is 0.0524. The van der Waals surface area contributed by atoms with Crippen molar-refractivity contribution in [1.82, 2.24) is 25.1 Å². The van der Waals surface area contributed by atoms with Crippen LogP contribution in [0.4, 0.5) is 10.3 Å². The van der Waals surface area contributed by atoms with Crippen LogP contribution in [-0.4, -0.2) is 56.1 Å². The number of aryl methyl sites for hydroxylation is 1. The van der Waals surface area contributed by atoms with E-state index in [1.54, 1.807) is 24.5 Å². The van der Waals surface area contributed by atoms with E-state index < -0.39 is 11.4 Å². The number of anilines is 1. The molecule has 3 aromatic rings. The lowest BCUT2D eigenvalue weighted by atomic mass is 10.1. The molecule has 1 amide bonds. The molecule has 0 saturated carbocycles. The normalized spacial score (nSPS) is 20.2.